The molecule has 1 aliphatic rings. The van der Waals surface area contributed by atoms with Crippen molar-refractivity contribution in [2.24, 2.45) is 11.7 Å². The molecule has 0 saturated heterocycles. The Labute approximate surface area is 138 Å². The van der Waals surface area contributed by atoms with E-state index in [0.717, 1.165) is 24.9 Å². The summed E-state index contributed by atoms with van der Waals surface area (Å²) in [5.74, 6) is 0.927. The molecule has 0 unspecified atom stereocenters. The van der Waals surface area contributed by atoms with Crippen LogP contribution in [0.1, 0.15) is 25.7 Å². The lowest BCUT2D eigenvalue weighted by molar-refractivity contribution is -0.117. The Bertz CT molecular complexity index is 439. The van der Waals surface area contributed by atoms with Crippen LogP contribution in [0.25, 0.3) is 0 Å². The normalized spacial score (nSPS) is 20.1. The molecule has 1 saturated carbocycles. The number of nitrogens with two attached hydrogens (primary N) is 1. The van der Waals surface area contributed by atoms with Crippen LogP contribution in [0.5, 0.6) is 0 Å². The average molecular weight is 335 g/mol. The average Bonchev–Trinajstić information content (AvgIpc) is 2.75. The molecule has 1 aromatic heterocycles. The van der Waals surface area contributed by atoms with E-state index in [1.54, 1.807) is 6.20 Å². The fraction of sp³-hybridized carbons (Fsp3) is 0.571. The third-order valence-corrected chi connectivity index (χ3v) is 3.70. The van der Waals surface area contributed by atoms with Gasteiger partial charge in [-0.15, -0.1) is 24.8 Å². The molecule has 1 aliphatic carbocycles. The lowest BCUT2D eigenvalue weighted by Crippen LogP contribution is -2.28. The third-order valence-electron chi connectivity index (χ3n) is 3.70. The molecular formula is C14H24Cl2N4O. The molecule has 0 aliphatic heterocycles. The first-order chi connectivity index (χ1) is 9.06. The molecule has 120 valence electrons. The van der Waals surface area contributed by atoms with Crippen molar-refractivity contribution in [1.82, 2.24) is 4.98 Å². The SMILES string of the molecule is CN(C)c1ccc(NC(=O)C[C@@H]2CCC[C@H]2N)nc1.Cl.Cl. The van der Waals surface area contributed by atoms with E-state index < -0.39 is 0 Å². The van der Waals surface area contributed by atoms with Crippen molar-refractivity contribution in [3.05, 3.63) is 18.3 Å². The molecule has 3 N–H and O–H groups in total. The summed E-state index contributed by atoms with van der Waals surface area (Å²) in [6.45, 7) is 0. The van der Waals surface area contributed by atoms with Crippen LogP contribution in [-0.2, 0) is 4.79 Å². The second-order valence-corrected chi connectivity index (χ2v) is 5.40. The van der Waals surface area contributed by atoms with Gasteiger partial charge in [0.25, 0.3) is 0 Å². The second kappa shape index (κ2) is 9.07. The summed E-state index contributed by atoms with van der Waals surface area (Å²) < 4.78 is 0. The van der Waals surface area contributed by atoms with Crippen molar-refractivity contribution in [3.8, 4) is 0 Å². The summed E-state index contributed by atoms with van der Waals surface area (Å²) in [7, 11) is 3.91. The predicted octanol–water partition coefficient (Wildman–Crippen LogP) is 2.45. The van der Waals surface area contributed by atoms with Gasteiger partial charge in [0.2, 0.25) is 5.91 Å². The molecule has 21 heavy (non-hydrogen) atoms. The fourth-order valence-electron chi connectivity index (χ4n) is 2.48. The van der Waals surface area contributed by atoms with E-state index in [1.807, 2.05) is 31.1 Å². The number of anilines is 2. The van der Waals surface area contributed by atoms with E-state index in [0.29, 0.717) is 18.2 Å². The van der Waals surface area contributed by atoms with Gasteiger partial charge in [-0.2, -0.15) is 0 Å². The summed E-state index contributed by atoms with van der Waals surface area (Å²) >= 11 is 0. The van der Waals surface area contributed by atoms with E-state index in [1.165, 1.54) is 0 Å². The summed E-state index contributed by atoms with van der Waals surface area (Å²) in [6.07, 6.45) is 5.47. The number of carbonyl (C=O) groups excluding carboxylic acids is 1. The number of halogens is 2. The van der Waals surface area contributed by atoms with E-state index in [-0.39, 0.29) is 36.8 Å². The maximum Gasteiger partial charge on any atom is 0.225 e. The van der Waals surface area contributed by atoms with Gasteiger partial charge in [0.05, 0.1) is 11.9 Å². The standard InChI is InChI=1S/C14H22N4O.2ClH/c1-18(2)11-6-7-13(16-9-11)17-14(19)8-10-4-3-5-12(10)15;;/h6-7,9-10,12H,3-5,8,15H2,1-2H3,(H,16,17,19);2*1H/t10-,12+;;/m0../s1. The summed E-state index contributed by atoms with van der Waals surface area (Å²) in [5.41, 5.74) is 6.98. The molecule has 0 radical (unpaired) electrons. The quantitative estimate of drug-likeness (QED) is 0.887. The van der Waals surface area contributed by atoms with Crippen LogP contribution < -0.4 is 16.0 Å². The smallest absolute Gasteiger partial charge is 0.225 e. The molecule has 5 nitrogen and oxygen atoms in total. The van der Waals surface area contributed by atoms with Crippen LogP contribution in [0, 0.1) is 5.92 Å². The first-order valence-corrected chi connectivity index (χ1v) is 6.75. The molecule has 7 heteroatoms. The molecule has 1 aromatic rings. The van der Waals surface area contributed by atoms with Crippen molar-refractivity contribution in [3.63, 3.8) is 0 Å². The highest BCUT2D eigenvalue weighted by molar-refractivity contribution is 5.90. The van der Waals surface area contributed by atoms with Crippen LogP contribution in [0.3, 0.4) is 0 Å². The molecule has 2 rings (SSSR count). The number of aromatic nitrogens is 1. The minimum Gasteiger partial charge on any atom is -0.376 e. The number of nitrogens with zero attached hydrogens (tertiary/aromatic N) is 2. The van der Waals surface area contributed by atoms with E-state index in [4.69, 9.17) is 5.73 Å². The lowest BCUT2D eigenvalue weighted by atomic mass is 10.00. The van der Waals surface area contributed by atoms with Crippen molar-refractivity contribution in [2.45, 2.75) is 31.7 Å². The zero-order chi connectivity index (χ0) is 13.8. The largest absolute Gasteiger partial charge is 0.376 e. The number of pyridine rings is 1. The monoisotopic (exact) mass is 334 g/mol. The number of nitrogens with one attached hydrogen (secondary N) is 1. The summed E-state index contributed by atoms with van der Waals surface area (Å²) in [5, 5.41) is 2.83. The van der Waals surface area contributed by atoms with Crippen LogP contribution in [-0.4, -0.2) is 31.0 Å². The van der Waals surface area contributed by atoms with Crippen LogP contribution >= 0.6 is 24.8 Å². The Morgan fingerprint density at radius 2 is 2.10 bits per heavy atom. The van der Waals surface area contributed by atoms with Crippen LogP contribution in [0.15, 0.2) is 18.3 Å². The van der Waals surface area contributed by atoms with E-state index in [2.05, 4.69) is 10.3 Å². The highest BCUT2D eigenvalue weighted by atomic mass is 35.5. The van der Waals surface area contributed by atoms with E-state index in [9.17, 15) is 4.79 Å². The van der Waals surface area contributed by atoms with Gasteiger partial charge < -0.3 is 16.0 Å². The summed E-state index contributed by atoms with van der Waals surface area (Å²) in [4.78, 5) is 18.1. The van der Waals surface area contributed by atoms with Crippen LogP contribution in [0.4, 0.5) is 11.5 Å². The number of rotatable bonds is 4. The number of amides is 1. The fourth-order valence-corrected chi connectivity index (χ4v) is 2.48. The zero-order valence-corrected chi connectivity index (χ0v) is 14.0. The van der Waals surface area contributed by atoms with Gasteiger partial charge in [0.1, 0.15) is 5.82 Å². The topological polar surface area (TPSA) is 71.2 Å². The Balaban J connectivity index is 0.00000200. The van der Waals surface area contributed by atoms with Crippen LogP contribution in [0.2, 0.25) is 0 Å². The molecule has 0 bridgehead atoms. The minimum absolute atomic E-state index is 0. The highest BCUT2D eigenvalue weighted by Gasteiger charge is 2.26. The first kappa shape index (κ1) is 20.0. The third kappa shape index (κ3) is 5.69. The molecule has 1 amide bonds. The first-order valence-electron chi connectivity index (χ1n) is 6.75. The van der Waals surface area contributed by atoms with Gasteiger partial charge in [-0.1, -0.05) is 6.42 Å². The van der Waals surface area contributed by atoms with Gasteiger partial charge in [-0.25, -0.2) is 4.98 Å². The van der Waals surface area contributed by atoms with Gasteiger partial charge >= 0.3 is 0 Å². The van der Waals surface area contributed by atoms with Gasteiger partial charge in [0, 0.05) is 26.6 Å². The molecule has 2 atom stereocenters. The second-order valence-electron chi connectivity index (χ2n) is 5.40. The Kier molecular flexibility index (Phi) is 8.63. The van der Waals surface area contributed by atoms with Crippen molar-refractivity contribution >= 4 is 42.2 Å². The van der Waals surface area contributed by atoms with Gasteiger partial charge in [-0.05, 0) is 30.9 Å². The lowest BCUT2D eigenvalue weighted by Gasteiger charge is -2.15. The van der Waals surface area contributed by atoms with Gasteiger partial charge in [-0.3, -0.25) is 4.79 Å². The minimum atomic E-state index is 0. The molecule has 1 heterocycles. The number of carbonyl (C=O) groups is 1. The Morgan fingerprint density at radius 1 is 1.38 bits per heavy atom. The zero-order valence-electron chi connectivity index (χ0n) is 12.4. The maximum atomic E-state index is 11.9. The number of hydrogen-bond donors (Lipinski definition) is 2. The highest BCUT2D eigenvalue weighted by Crippen LogP contribution is 2.27. The molecular weight excluding hydrogens is 311 g/mol. The van der Waals surface area contributed by atoms with Crippen molar-refractivity contribution in [2.75, 3.05) is 24.3 Å². The summed E-state index contributed by atoms with van der Waals surface area (Å²) in [6, 6.07) is 3.93. The van der Waals surface area contributed by atoms with Crippen molar-refractivity contribution in [1.29, 1.82) is 0 Å². The van der Waals surface area contributed by atoms with Gasteiger partial charge in [0.15, 0.2) is 0 Å². The Morgan fingerprint density at radius 3 is 2.57 bits per heavy atom. The number of hydrogen-bond acceptors (Lipinski definition) is 4. The predicted molar refractivity (Wildman–Crippen MR) is 91.6 cm³/mol. The Hall–Kier alpha value is -1.04. The molecule has 0 spiro atoms. The maximum absolute atomic E-state index is 11.9. The molecule has 1 fully saturated rings. The van der Waals surface area contributed by atoms with E-state index >= 15 is 0 Å². The molecule has 0 aromatic carbocycles. The van der Waals surface area contributed by atoms with Crippen molar-refractivity contribution < 1.29 is 4.79 Å².